The maximum atomic E-state index is 12.4. The minimum atomic E-state index is -0.341. The molecule has 2 fully saturated rings. The first-order chi connectivity index (χ1) is 14.6. The second kappa shape index (κ2) is 8.57. The summed E-state index contributed by atoms with van der Waals surface area (Å²) in [6.07, 6.45) is 3.40. The molecule has 0 spiro atoms. The number of carbonyl (C=O) groups is 1. The van der Waals surface area contributed by atoms with Crippen molar-refractivity contribution >= 4 is 29.4 Å². The van der Waals surface area contributed by atoms with Gasteiger partial charge in [0.1, 0.15) is 23.0 Å². The highest BCUT2D eigenvalue weighted by molar-refractivity contribution is 8.00. The van der Waals surface area contributed by atoms with Crippen molar-refractivity contribution in [3.8, 4) is 12.1 Å². The number of nitrogens with two attached hydrogens (primary N) is 1. The Morgan fingerprint density at radius 3 is 2.73 bits per heavy atom. The van der Waals surface area contributed by atoms with Gasteiger partial charge >= 0.3 is 5.88 Å². The first kappa shape index (κ1) is 19.9. The average Bonchev–Trinajstić information content (AvgIpc) is 3.50. The lowest BCUT2D eigenvalue weighted by Gasteiger charge is -2.18. The van der Waals surface area contributed by atoms with Gasteiger partial charge in [-0.25, -0.2) is 4.98 Å². The van der Waals surface area contributed by atoms with E-state index in [0.29, 0.717) is 42.5 Å². The van der Waals surface area contributed by atoms with Gasteiger partial charge in [0.15, 0.2) is 0 Å². The molecule has 1 aliphatic carbocycles. The van der Waals surface area contributed by atoms with Crippen molar-refractivity contribution < 1.29 is 18.8 Å². The van der Waals surface area contributed by atoms with Gasteiger partial charge in [0.2, 0.25) is 11.2 Å². The van der Waals surface area contributed by atoms with Crippen LogP contribution in [0.4, 0.5) is 11.7 Å². The van der Waals surface area contributed by atoms with Crippen molar-refractivity contribution in [2.75, 3.05) is 48.1 Å². The zero-order chi connectivity index (χ0) is 21.1. The van der Waals surface area contributed by atoms with Crippen LogP contribution in [0, 0.1) is 22.7 Å². The summed E-state index contributed by atoms with van der Waals surface area (Å²) in [6, 6.07) is 4.18. The number of aromatic nitrogens is 3. The number of nitrogens with one attached hydrogen (secondary N) is 1. The third kappa shape index (κ3) is 4.15. The van der Waals surface area contributed by atoms with E-state index in [1.807, 2.05) is 5.01 Å². The summed E-state index contributed by atoms with van der Waals surface area (Å²) < 4.78 is 10.5. The van der Waals surface area contributed by atoms with Gasteiger partial charge in [0.25, 0.3) is 6.20 Å². The predicted octanol–water partition coefficient (Wildman–Crippen LogP) is 0.259. The molecule has 30 heavy (non-hydrogen) atoms. The zero-order valence-corrected chi connectivity index (χ0v) is 16.8. The Hall–Kier alpha value is -3.35. The maximum Gasteiger partial charge on any atom is 0.305 e. The summed E-state index contributed by atoms with van der Waals surface area (Å²) in [5.74, 6) is 0.0983. The standard InChI is InChI=1S/C18H18N8O3S/c19-7-12-16(11-1-2-11)13(8-20)18(23-17(12)21)30-10-14(27)22-15-9-26(24-29-15)25-3-5-28-6-4-25/h9,11H,1-6,10H2,(H2-,21,22,23,24,27)/p+1. The van der Waals surface area contributed by atoms with E-state index < -0.39 is 0 Å². The van der Waals surface area contributed by atoms with Crippen molar-refractivity contribution in [3.63, 3.8) is 0 Å². The summed E-state index contributed by atoms with van der Waals surface area (Å²) >= 11 is 1.10. The Labute approximate surface area is 176 Å². The number of pyridine rings is 1. The third-order valence-electron chi connectivity index (χ3n) is 4.78. The molecule has 12 heteroatoms. The van der Waals surface area contributed by atoms with Gasteiger partial charge in [-0.1, -0.05) is 11.8 Å². The largest absolute Gasteiger partial charge is 0.383 e. The smallest absolute Gasteiger partial charge is 0.305 e. The molecule has 1 saturated carbocycles. The van der Waals surface area contributed by atoms with Crippen LogP contribution in [0.3, 0.4) is 0 Å². The summed E-state index contributed by atoms with van der Waals surface area (Å²) in [7, 11) is 0. The van der Waals surface area contributed by atoms with Crippen LogP contribution in [0.15, 0.2) is 15.7 Å². The molecule has 1 saturated heterocycles. The van der Waals surface area contributed by atoms with Gasteiger partial charge in [0.05, 0.1) is 48.0 Å². The van der Waals surface area contributed by atoms with E-state index in [-0.39, 0.29) is 34.8 Å². The van der Waals surface area contributed by atoms with E-state index in [1.54, 1.807) is 6.20 Å². The van der Waals surface area contributed by atoms with Crippen LogP contribution in [0.5, 0.6) is 0 Å². The molecule has 0 aromatic carbocycles. The number of rotatable bonds is 6. The molecular formula is C18H19N8O3S+. The SMILES string of the molecule is N#Cc1c(N)nc(SCC(=O)Nc2c[n+](N3CCOCC3)no2)c(C#N)c1C1CC1. The topological polar surface area (TPSA) is 158 Å². The van der Waals surface area contributed by atoms with Crippen molar-refractivity contribution in [1.29, 1.82) is 10.5 Å². The number of nitriles is 2. The second-order valence-electron chi connectivity index (χ2n) is 6.85. The Morgan fingerprint density at radius 1 is 1.33 bits per heavy atom. The zero-order valence-electron chi connectivity index (χ0n) is 16.0. The molecule has 3 heterocycles. The van der Waals surface area contributed by atoms with Crippen LogP contribution in [0.2, 0.25) is 0 Å². The lowest BCUT2D eigenvalue weighted by molar-refractivity contribution is -0.759. The Kier molecular flexibility index (Phi) is 5.70. The molecule has 2 aromatic rings. The number of ether oxygens (including phenoxy) is 1. The number of hydrogen-bond acceptors (Lipinski definition) is 10. The number of thioether (sulfide) groups is 1. The Balaban J connectivity index is 1.43. The highest BCUT2D eigenvalue weighted by Crippen LogP contribution is 2.45. The normalized spacial score (nSPS) is 16.0. The molecule has 0 radical (unpaired) electrons. The summed E-state index contributed by atoms with van der Waals surface area (Å²) in [5.41, 5.74) is 7.17. The first-order valence-electron chi connectivity index (χ1n) is 9.38. The Morgan fingerprint density at radius 2 is 2.07 bits per heavy atom. The number of carbonyl (C=O) groups excluding carboxylic acids is 1. The molecule has 154 valence electrons. The number of morpholine rings is 1. The molecule has 1 amide bonds. The lowest BCUT2D eigenvalue weighted by atomic mass is 10.0. The minimum Gasteiger partial charge on any atom is -0.383 e. The van der Waals surface area contributed by atoms with Crippen molar-refractivity contribution in [3.05, 3.63) is 22.9 Å². The molecule has 2 aromatic heterocycles. The van der Waals surface area contributed by atoms with E-state index >= 15 is 0 Å². The van der Waals surface area contributed by atoms with Gasteiger partial charge in [-0.15, -0.1) is 5.01 Å². The monoisotopic (exact) mass is 427 g/mol. The molecule has 0 atom stereocenters. The van der Waals surface area contributed by atoms with E-state index in [9.17, 15) is 15.3 Å². The molecule has 3 N–H and O–H groups in total. The fourth-order valence-corrected chi connectivity index (χ4v) is 4.00. The number of anilines is 2. The second-order valence-corrected chi connectivity index (χ2v) is 7.82. The molecular weight excluding hydrogens is 408 g/mol. The first-order valence-corrected chi connectivity index (χ1v) is 10.4. The van der Waals surface area contributed by atoms with Gasteiger partial charge in [-0.2, -0.15) is 10.5 Å². The highest BCUT2D eigenvalue weighted by atomic mass is 32.2. The van der Waals surface area contributed by atoms with Crippen molar-refractivity contribution in [1.82, 2.24) is 10.3 Å². The molecule has 11 nitrogen and oxygen atoms in total. The quantitative estimate of drug-likeness (QED) is 0.484. The van der Waals surface area contributed by atoms with Crippen LogP contribution in [0.1, 0.15) is 35.4 Å². The summed E-state index contributed by atoms with van der Waals surface area (Å²) in [6.45, 7) is 2.55. The van der Waals surface area contributed by atoms with E-state index in [2.05, 4.69) is 27.7 Å². The maximum absolute atomic E-state index is 12.4. The molecule has 4 rings (SSSR count). The number of amides is 1. The van der Waals surface area contributed by atoms with Gasteiger partial charge in [-0.05, 0) is 24.3 Å². The summed E-state index contributed by atoms with van der Waals surface area (Å²) in [4.78, 5) is 18.1. The van der Waals surface area contributed by atoms with Crippen LogP contribution in [-0.4, -0.2) is 48.2 Å². The summed E-state index contributed by atoms with van der Waals surface area (Å²) in [5, 5.41) is 27.8. The average molecular weight is 427 g/mol. The van der Waals surface area contributed by atoms with Crippen LogP contribution < -0.4 is 20.9 Å². The van der Waals surface area contributed by atoms with Crippen molar-refractivity contribution in [2.45, 2.75) is 23.8 Å². The van der Waals surface area contributed by atoms with Crippen molar-refractivity contribution in [2.24, 2.45) is 0 Å². The van der Waals surface area contributed by atoms with Crippen LogP contribution in [-0.2, 0) is 9.53 Å². The minimum absolute atomic E-state index is 0.00458. The van der Waals surface area contributed by atoms with Gasteiger partial charge < -0.3 is 10.5 Å². The van der Waals surface area contributed by atoms with E-state index in [0.717, 1.165) is 24.6 Å². The van der Waals surface area contributed by atoms with E-state index in [1.165, 1.54) is 4.79 Å². The number of hydrogen-bond donors (Lipinski definition) is 2. The highest BCUT2D eigenvalue weighted by Gasteiger charge is 2.32. The van der Waals surface area contributed by atoms with Gasteiger partial charge in [-0.3, -0.25) is 14.6 Å². The molecule has 0 unspecified atom stereocenters. The third-order valence-corrected chi connectivity index (χ3v) is 5.75. The predicted molar refractivity (Wildman–Crippen MR) is 105 cm³/mol. The Bertz CT molecular complexity index is 1050. The molecule has 0 bridgehead atoms. The molecule has 1 aliphatic heterocycles. The van der Waals surface area contributed by atoms with Gasteiger partial charge in [0, 0.05) is 0 Å². The van der Waals surface area contributed by atoms with Crippen LogP contribution >= 0.6 is 11.8 Å². The lowest BCUT2D eigenvalue weighted by Crippen LogP contribution is -2.62. The number of nitrogen functional groups attached to an aromatic ring is 1. The van der Waals surface area contributed by atoms with E-state index in [4.69, 9.17) is 15.0 Å². The van der Waals surface area contributed by atoms with Crippen LogP contribution in [0.25, 0.3) is 0 Å². The number of nitrogens with zero attached hydrogens (tertiary/aromatic N) is 6. The molecule has 2 aliphatic rings. The fourth-order valence-electron chi connectivity index (χ4n) is 3.20. The fraction of sp³-hybridized carbons (Fsp3) is 0.444.